The maximum Gasteiger partial charge on any atom is 0.144 e. The van der Waals surface area contributed by atoms with Gasteiger partial charge in [0.25, 0.3) is 0 Å². The molecule has 2 unspecified atom stereocenters. The molecule has 1 aromatic rings. The van der Waals surface area contributed by atoms with Gasteiger partial charge in [0.1, 0.15) is 5.82 Å². The Kier molecular flexibility index (Phi) is 3.88. The lowest BCUT2D eigenvalue weighted by molar-refractivity contribution is 0.240. The zero-order valence-corrected chi connectivity index (χ0v) is 9.75. The molecule has 1 aliphatic carbocycles. The van der Waals surface area contributed by atoms with Gasteiger partial charge >= 0.3 is 0 Å². The zero-order chi connectivity index (χ0) is 11.4. The normalized spacial score (nSPS) is 24.1. The van der Waals surface area contributed by atoms with Gasteiger partial charge in [0.2, 0.25) is 0 Å². The summed E-state index contributed by atoms with van der Waals surface area (Å²) in [7, 11) is 0. The van der Waals surface area contributed by atoms with Gasteiger partial charge in [0.05, 0.1) is 6.20 Å². The van der Waals surface area contributed by atoms with E-state index in [0.29, 0.717) is 11.8 Å². The van der Waals surface area contributed by atoms with Gasteiger partial charge in [-0.25, -0.2) is 4.39 Å². The van der Waals surface area contributed by atoms with E-state index in [2.05, 4.69) is 17.2 Å². The van der Waals surface area contributed by atoms with Crippen LogP contribution in [0.15, 0.2) is 18.5 Å². The van der Waals surface area contributed by atoms with E-state index in [1.54, 1.807) is 6.20 Å². The van der Waals surface area contributed by atoms with Crippen molar-refractivity contribution in [3.05, 3.63) is 29.8 Å². The van der Waals surface area contributed by atoms with Crippen LogP contribution in [0.3, 0.4) is 0 Å². The molecule has 88 valence electrons. The van der Waals surface area contributed by atoms with E-state index < -0.39 is 0 Å². The molecule has 2 atom stereocenters. The molecule has 2 rings (SSSR count). The molecule has 1 saturated carbocycles. The van der Waals surface area contributed by atoms with Crippen LogP contribution in [0.4, 0.5) is 4.39 Å². The molecule has 0 aliphatic heterocycles. The summed E-state index contributed by atoms with van der Waals surface area (Å²) in [5.41, 5.74) is 0.851. The molecule has 1 fully saturated rings. The predicted molar refractivity (Wildman–Crippen MR) is 62.8 cm³/mol. The highest BCUT2D eigenvalue weighted by Gasteiger charge is 2.33. The van der Waals surface area contributed by atoms with Crippen molar-refractivity contribution in [3.8, 4) is 0 Å². The molecule has 16 heavy (non-hydrogen) atoms. The molecule has 3 heteroatoms. The summed E-state index contributed by atoms with van der Waals surface area (Å²) < 4.78 is 13.5. The average Bonchev–Trinajstić information content (AvgIpc) is 2.26. The molecule has 2 nitrogen and oxygen atoms in total. The van der Waals surface area contributed by atoms with E-state index >= 15 is 0 Å². The summed E-state index contributed by atoms with van der Waals surface area (Å²) in [5, 5.41) is 3.42. The Morgan fingerprint density at radius 2 is 2.38 bits per heavy atom. The Balaban J connectivity index is 1.93. The maximum absolute atomic E-state index is 13.5. The minimum atomic E-state index is -0.146. The first-order valence-electron chi connectivity index (χ1n) is 6.13. The summed E-state index contributed by atoms with van der Waals surface area (Å²) in [6, 6.07) is 1.83. The van der Waals surface area contributed by atoms with Crippen molar-refractivity contribution in [1.82, 2.24) is 10.3 Å². The summed E-state index contributed by atoms with van der Waals surface area (Å²) in [6.07, 6.45) is 6.49. The SMILES string of the molecule is CCCNCC1CCC1c1ccncc1F. The van der Waals surface area contributed by atoms with E-state index in [1.807, 2.05) is 6.07 Å². The Morgan fingerprint density at radius 3 is 3.00 bits per heavy atom. The third-order valence-corrected chi connectivity index (χ3v) is 3.45. The van der Waals surface area contributed by atoms with E-state index in [0.717, 1.165) is 31.5 Å². The van der Waals surface area contributed by atoms with Crippen LogP contribution in [-0.4, -0.2) is 18.1 Å². The number of nitrogens with zero attached hydrogens (tertiary/aromatic N) is 1. The van der Waals surface area contributed by atoms with Gasteiger partial charge in [0, 0.05) is 6.20 Å². The van der Waals surface area contributed by atoms with Gasteiger partial charge in [-0.2, -0.15) is 0 Å². The lowest BCUT2D eigenvalue weighted by Gasteiger charge is -2.37. The quantitative estimate of drug-likeness (QED) is 0.775. The van der Waals surface area contributed by atoms with Crippen LogP contribution < -0.4 is 5.32 Å². The van der Waals surface area contributed by atoms with Crippen LogP contribution in [0.2, 0.25) is 0 Å². The van der Waals surface area contributed by atoms with Crippen LogP contribution in [0, 0.1) is 11.7 Å². The number of nitrogens with one attached hydrogen (secondary N) is 1. The van der Waals surface area contributed by atoms with Crippen LogP contribution in [-0.2, 0) is 0 Å². The monoisotopic (exact) mass is 222 g/mol. The summed E-state index contributed by atoms with van der Waals surface area (Å²) in [4.78, 5) is 3.80. The molecule has 0 aromatic carbocycles. The molecule has 0 spiro atoms. The van der Waals surface area contributed by atoms with Gasteiger partial charge in [-0.15, -0.1) is 0 Å². The molecule has 1 heterocycles. The number of hydrogen-bond acceptors (Lipinski definition) is 2. The maximum atomic E-state index is 13.5. The molecule has 1 aliphatic rings. The van der Waals surface area contributed by atoms with Crippen LogP contribution in [0.1, 0.15) is 37.7 Å². The van der Waals surface area contributed by atoms with E-state index in [1.165, 1.54) is 12.6 Å². The Hall–Kier alpha value is -0.960. The molecule has 0 saturated heterocycles. The molecule has 1 aromatic heterocycles. The second kappa shape index (κ2) is 5.39. The van der Waals surface area contributed by atoms with E-state index in [-0.39, 0.29) is 5.82 Å². The molecule has 0 amide bonds. The van der Waals surface area contributed by atoms with Crippen molar-refractivity contribution in [3.63, 3.8) is 0 Å². The first kappa shape index (κ1) is 11.5. The van der Waals surface area contributed by atoms with Gasteiger partial charge in [-0.1, -0.05) is 6.92 Å². The van der Waals surface area contributed by atoms with Crippen LogP contribution >= 0.6 is 0 Å². The fourth-order valence-electron chi connectivity index (χ4n) is 2.37. The summed E-state index contributed by atoms with van der Waals surface area (Å²) in [6.45, 7) is 4.23. The topological polar surface area (TPSA) is 24.9 Å². The second-order valence-corrected chi connectivity index (χ2v) is 4.55. The van der Waals surface area contributed by atoms with Crippen molar-refractivity contribution >= 4 is 0 Å². The number of aromatic nitrogens is 1. The molecule has 0 radical (unpaired) electrons. The molecule has 1 N–H and O–H groups in total. The van der Waals surface area contributed by atoms with Gasteiger partial charge < -0.3 is 5.32 Å². The Labute approximate surface area is 96.3 Å². The summed E-state index contributed by atoms with van der Waals surface area (Å²) in [5.74, 6) is 0.850. The lowest BCUT2D eigenvalue weighted by Crippen LogP contribution is -2.34. The molecular weight excluding hydrogens is 203 g/mol. The second-order valence-electron chi connectivity index (χ2n) is 4.55. The predicted octanol–water partition coefficient (Wildman–Crippen LogP) is 2.71. The van der Waals surface area contributed by atoms with Crippen LogP contribution in [0.25, 0.3) is 0 Å². The van der Waals surface area contributed by atoms with Crippen molar-refractivity contribution in [2.24, 2.45) is 5.92 Å². The summed E-state index contributed by atoms with van der Waals surface area (Å²) >= 11 is 0. The largest absolute Gasteiger partial charge is 0.316 e. The van der Waals surface area contributed by atoms with Crippen LogP contribution in [0.5, 0.6) is 0 Å². The highest BCUT2D eigenvalue weighted by Crippen LogP contribution is 2.42. The van der Waals surface area contributed by atoms with Gasteiger partial charge in [0.15, 0.2) is 0 Å². The first-order valence-corrected chi connectivity index (χ1v) is 6.13. The average molecular weight is 222 g/mol. The van der Waals surface area contributed by atoms with E-state index in [4.69, 9.17) is 0 Å². The molecule has 0 bridgehead atoms. The number of halogens is 1. The first-order chi connectivity index (χ1) is 7.83. The van der Waals surface area contributed by atoms with Crippen molar-refractivity contribution in [2.45, 2.75) is 32.1 Å². The Morgan fingerprint density at radius 1 is 1.50 bits per heavy atom. The smallest absolute Gasteiger partial charge is 0.144 e. The fraction of sp³-hybridized carbons (Fsp3) is 0.615. The highest BCUT2D eigenvalue weighted by molar-refractivity contribution is 5.21. The number of rotatable bonds is 5. The van der Waals surface area contributed by atoms with E-state index in [9.17, 15) is 4.39 Å². The Bertz CT molecular complexity index is 340. The highest BCUT2D eigenvalue weighted by atomic mass is 19.1. The zero-order valence-electron chi connectivity index (χ0n) is 9.75. The number of hydrogen-bond donors (Lipinski definition) is 1. The van der Waals surface area contributed by atoms with Gasteiger partial charge in [-0.05, 0) is 55.8 Å². The third-order valence-electron chi connectivity index (χ3n) is 3.45. The van der Waals surface area contributed by atoms with Crippen molar-refractivity contribution in [1.29, 1.82) is 0 Å². The standard InChI is InChI=1S/C13H19FN2/c1-2-6-15-8-10-3-4-11(10)12-5-7-16-9-13(12)14/h5,7,9-11,15H,2-4,6,8H2,1H3. The molecular formula is C13H19FN2. The fourth-order valence-corrected chi connectivity index (χ4v) is 2.37. The minimum absolute atomic E-state index is 0.146. The minimum Gasteiger partial charge on any atom is -0.316 e. The number of pyridine rings is 1. The van der Waals surface area contributed by atoms with Gasteiger partial charge in [-0.3, -0.25) is 4.98 Å². The van der Waals surface area contributed by atoms with Crippen molar-refractivity contribution < 1.29 is 4.39 Å². The van der Waals surface area contributed by atoms with Crippen molar-refractivity contribution in [2.75, 3.05) is 13.1 Å². The third kappa shape index (κ3) is 2.40. The lowest BCUT2D eigenvalue weighted by atomic mass is 9.70.